The van der Waals surface area contributed by atoms with E-state index in [1.165, 1.54) is 6.07 Å². The van der Waals surface area contributed by atoms with Crippen molar-refractivity contribution in [2.45, 2.75) is 50.2 Å². The summed E-state index contributed by atoms with van der Waals surface area (Å²) >= 11 is 0. The highest BCUT2D eigenvalue weighted by Gasteiger charge is 2.33. The Kier molecular flexibility index (Phi) is 7.34. The van der Waals surface area contributed by atoms with Gasteiger partial charge in [0.25, 0.3) is 10.2 Å². The molecule has 2 heterocycles. The first-order chi connectivity index (χ1) is 15.4. The zero-order valence-corrected chi connectivity index (χ0v) is 18.8. The first kappa shape index (κ1) is 23.0. The van der Waals surface area contributed by atoms with Gasteiger partial charge in [0, 0.05) is 31.2 Å². The highest BCUT2D eigenvalue weighted by Crippen LogP contribution is 2.34. The Balaban J connectivity index is 1.34. The van der Waals surface area contributed by atoms with Crippen molar-refractivity contribution in [2.24, 2.45) is 11.1 Å². The molecule has 0 spiro atoms. The average molecular weight is 464 g/mol. The number of nitrogens with two attached hydrogens (primary N) is 1. The normalized spacial score (nSPS) is 26.8. The zero-order valence-electron chi connectivity index (χ0n) is 17.9. The molecule has 2 aliphatic rings. The van der Waals surface area contributed by atoms with E-state index in [0.29, 0.717) is 32.0 Å². The molecule has 1 aromatic carbocycles. The van der Waals surface area contributed by atoms with Gasteiger partial charge in [0.2, 0.25) is 0 Å². The maximum atomic E-state index is 13.5. The van der Waals surface area contributed by atoms with Crippen LogP contribution in [-0.2, 0) is 14.9 Å². The van der Waals surface area contributed by atoms with Crippen LogP contribution in [0.25, 0.3) is 0 Å². The highest BCUT2D eigenvalue weighted by molar-refractivity contribution is 7.87. The van der Waals surface area contributed by atoms with Crippen LogP contribution >= 0.6 is 0 Å². The maximum Gasteiger partial charge on any atom is 0.274 e. The molecule has 0 radical (unpaired) electrons. The number of anilines is 1. The van der Waals surface area contributed by atoms with Crippen LogP contribution in [0.3, 0.4) is 0 Å². The van der Waals surface area contributed by atoms with Crippen molar-refractivity contribution in [2.75, 3.05) is 24.6 Å². The van der Waals surface area contributed by atoms with Crippen molar-refractivity contribution in [1.82, 2.24) is 14.9 Å². The molecule has 1 saturated carbocycles. The lowest BCUT2D eigenvalue weighted by molar-refractivity contribution is -0.00216. The van der Waals surface area contributed by atoms with E-state index in [1.807, 2.05) is 18.2 Å². The molecule has 32 heavy (non-hydrogen) atoms. The summed E-state index contributed by atoms with van der Waals surface area (Å²) in [6.45, 7) is 1.69. The largest absolute Gasteiger partial charge is 0.378 e. The lowest BCUT2D eigenvalue weighted by Gasteiger charge is -2.39. The Morgan fingerprint density at radius 3 is 2.66 bits per heavy atom. The fourth-order valence-corrected chi connectivity index (χ4v) is 5.55. The van der Waals surface area contributed by atoms with E-state index >= 15 is 0 Å². The van der Waals surface area contributed by atoms with Crippen molar-refractivity contribution in [3.8, 4) is 0 Å². The summed E-state index contributed by atoms with van der Waals surface area (Å²) < 4.78 is 45.7. The molecule has 1 saturated heterocycles. The van der Waals surface area contributed by atoms with Crippen LogP contribution in [0.15, 0.2) is 42.6 Å². The van der Waals surface area contributed by atoms with Crippen LogP contribution in [0.2, 0.25) is 0 Å². The third-order valence-corrected chi connectivity index (χ3v) is 7.10. The van der Waals surface area contributed by atoms with Crippen LogP contribution in [0, 0.1) is 11.7 Å². The number of rotatable bonds is 7. The lowest BCUT2D eigenvalue weighted by Crippen LogP contribution is -2.54. The first-order valence-corrected chi connectivity index (χ1v) is 12.6. The summed E-state index contributed by atoms with van der Waals surface area (Å²) in [6.07, 6.45) is 6.03. The van der Waals surface area contributed by atoms with E-state index < -0.39 is 10.2 Å². The van der Waals surface area contributed by atoms with Crippen LogP contribution in [0.4, 0.5) is 10.2 Å². The number of halogens is 1. The fraction of sp³-hybridized carbons (Fsp3) is 0.545. The van der Waals surface area contributed by atoms with Gasteiger partial charge in [-0.25, -0.2) is 9.53 Å². The van der Waals surface area contributed by atoms with Gasteiger partial charge in [0.15, 0.2) is 5.82 Å². The summed E-state index contributed by atoms with van der Waals surface area (Å²) in [5, 5.41) is 13.4. The Morgan fingerprint density at radius 1 is 1.16 bits per heavy atom. The molecule has 174 valence electrons. The van der Waals surface area contributed by atoms with Gasteiger partial charge in [-0.1, -0.05) is 12.1 Å². The molecule has 1 aromatic heterocycles. The van der Waals surface area contributed by atoms with Gasteiger partial charge in [-0.3, -0.25) is 0 Å². The average Bonchev–Trinajstić information content (AvgIpc) is 2.78. The number of nitrogens with zero attached hydrogens (tertiary/aromatic N) is 3. The molecule has 1 aliphatic heterocycles. The Hall–Kier alpha value is -2.14. The summed E-state index contributed by atoms with van der Waals surface area (Å²) in [5.74, 6) is 0.857. The molecule has 8 nitrogen and oxygen atoms in total. The number of aromatic nitrogens is 2. The molecular formula is C22H30FN5O3S. The predicted molar refractivity (Wildman–Crippen MR) is 120 cm³/mol. The maximum absolute atomic E-state index is 13.5. The zero-order chi connectivity index (χ0) is 22.6. The SMILES string of the molecule is NS(=O)(=O)N[C@H]1CCN(c2cccnn2)C[C@H]1COC1CCC(c2cccc(F)c2)CC1. The van der Waals surface area contributed by atoms with Crippen molar-refractivity contribution in [3.63, 3.8) is 0 Å². The summed E-state index contributed by atoms with van der Waals surface area (Å²) in [6, 6.07) is 10.3. The first-order valence-electron chi connectivity index (χ1n) is 11.1. The Bertz CT molecular complexity index is 986. The standard InChI is InChI=1S/C22H30FN5O3S/c23-19-4-1-3-17(13-19)16-6-8-20(9-7-16)31-15-18-14-28(22-5-2-11-25-26-22)12-10-21(18)27-32(24,29)30/h1-5,11,13,16,18,20-21,27H,6-10,12,14-15H2,(H2,24,29,30)/t16?,18-,20?,21-/m0/s1. The van der Waals surface area contributed by atoms with Gasteiger partial charge in [-0.15, -0.1) is 5.10 Å². The molecule has 2 fully saturated rings. The fourth-order valence-electron chi connectivity index (χ4n) is 4.82. The highest BCUT2D eigenvalue weighted by atomic mass is 32.2. The van der Waals surface area contributed by atoms with Gasteiger partial charge in [0.1, 0.15) is 5.82 Å². The van der Waals surface area contributed by atoms with Crippen LogP contribution in [0.1, 0.15) is 43.6 Å². The Labute approximate surface area is 188 Å². The smallest absolute Gasteiger partial charge is 0.274 e. The molecule has 0 amide bonds. The van der Waals surface area contributed by atoms with Gasteiger partial charge < -0.3 is 9.64 Å². The monoisotopic (exact) mass is 463 g/mol. The molecule has 1 aliphatic carbocycles. The number of nitrogens with one attached hydrogen (secondary N) is 1. The minimum absolute atomic E-state index is 0.0648. The van der Waals surface area contributed by atoms with Crippen LogP contribution in [0.5, 0.6) is 0 Å². The van der Waals surface area contributed by atoms with Gasteiger partial charge in [0.05, 0.1) is 12.7 Å². The molecule has 0 bridgehead atoms. The van der Waals surface area contributed by atoms with E-state index in [9.17, 15) is 12.8 Å². The second-order valence-electron chi connectivity index (χ2n) is 8.71. The quantitative estimate of drug-likeness (QED) is 0.652. The van der Waals surface area contributed by atoms with E-state index in [-0.39, 0.29) is 23.9 Å². The summed E-state index contributed by atoms with van der Waals surface area (Å²) in [7, 11) is -3.81. The van der Waals surface area contributed by atoms with E-state index in [2.05, 4.69) is 19.8 Å². The molecular weight excluding hydrogens is 433 g/mol. The van der Waals surface area contributed by atoms with Crippen molar-refractivity contribution in [1.29, 1.82) is 0 Å². The van der Waals surface area contributed by atoms with Crippen molar-refractivity contribution >= 4 is 16.0 Å². The topological polar surface area (TPSA) is 110 Å². The van der Waals surface area contributed by atoms with E-state index in [4.69, 9.17) is 9.88 Å². The second-order valence-corrected chi connectivity index (χ2v) is 10.0. The number of benzene rings is 1. The number of ether oxygens (including phenoxy) is 1. The lowest BCUT2D eigenvalue weighted by atomic mass is 9.82. The van der Waals surface area contributed by atoms with E-state index in [1.54, 1.807) is 18.3 Å². The van der Waals surface area contributed by atoms with Gasteiger partial charge in [-0.05, 0) is 67.9 Å². The van der Waals surface area contributed by atoms with Crippen molar-refractivity contribution < 1.29 is 17.5 Å². The number of piperidine rings is 1. The van der Waals surface area contributed by atoms with E-state index in [0.717, 1.165) is 37.1 Å². The predicted octanol–water partition coefficient (Wildman–Crippen LogP) is 2.35. The Morgan fingerprint density at radius 2 is 1.97 bits per heavy atom. The van der Waals surface area contributed by atoms with Crippen LogP contribution in [-0.4, -0.2) is 50.5 Å². The molecule has 3 N–H and O–H groups in total. The number of hydrogen-bond donors (Lipinski definition) is 2. The summed E-state index contributed by atoms with van der Waals surface area (Å²) in [5.41, 5.74) is 1.05. The van der Waals surface area contributed by atoms with Crippen LogP contribution < -0.4 is 14.8 Å². The third kappa shape index (κ3) is 6.22. The van der Waals surface area contributed by atoms with Gasteiger partial charge in [-0.2, -0.15) is 18.2 Å². The third-order valence-electron chi connectivity index (χ3n) is 6.47. The minimum atomic E-state index is -3.81. The molecule has 2 aromatic rings. The van der Waals surface area contributed by atoms with Gasteiger partial charge >= 0.3 is 0 Å². The molecule has 4 rings (SSSR count). The minimum Gasteiger partial charge on any atom is -0.378 e. The van der Waals surface area contributed by atoms with Crippen molar-refractivity contribution in [3.05, 3.63) is 54.0 Å². The number of hydrogen-bond acceptors (Lipinski definition) is 6. The molecule has 2 atom stereocenters. The summed E-state index contributed by atoms with van der Waals surface area (Å²) in [4.78, 5) is 2.10. The molecule has 10 heteroatoms. The molecule has 0 unspecified atom stereocenters. The second kappa shape index (κ2) is 10.2.